The third-order valence-corrected chi connectivity index (χ3v) is 6.52. The summed E-state index contributed by atoms with van der Waals surface area (Å²) in [6.07, 6.45) is -0.533. The van der Waals surface area contributed by atoms with Crippen molar-refractivity contribution in [2.45, 2.75) is 30.7 Å². The molecule has 0 saturated carbocycles. The lowest BCUT2D eigenvalue weighted by atomic mass is 10.1. The van der Waals surface area contributed by atoms with E-state index in [4.69, 9.17) is 10.3 Å². The zero-order valence-corrected chi connectivity index (χ0v) is 16.6. The fraction of sp³-hybridized carbons (Fsp3) is 0.263. The molecule has 8 nitrogen and oxygen atoms in total. The van der Waals surface area contributed by atoms with Crippen LogP contribution >= 0.6 is 0 Å². The number of hydrogen-bond donors (Lipinski definition) is 3. The highest BCUT2D eigenvalue weighted by molar-refractivity contribution is 7.89. The summed E-state index contributed by atoms with van der Waals surface area (Å²) in [6.45, 7) is 2.04. The molecule has 0 aliphatic rings. The van der Waals surface area contributed by atoms with Crippen LogP contribution in [0.15, 0.2) is 53.4 Å². The van der Waals surface area contributed by atoms with Gasteiger partial charge in [0.05, 0.1) is 11.3 Å². The van der Waals surface area contributed by atoms with Crippen LogP contribution in [0.2, 0.25) is 0 Å². The van der Waals surface area contributed by atoms with Gasteiger partial charge in [-0.15, -0.1) is 0 Å². The molecule has 2 aromatic rings. The monoisotopic (exact) mass is 424 g/mol. The predicted molar refractivity (Wildman–Crippen MR) is 102 cm³/mol. The highest BCUT2D eigenvalue weighted by atomic mass is 32.2. The van der Waals surface area contributed by atoms with Gasteiger partial charge in [0.1, 0.15) is 11.4 Å². The van der Waals surface area contributed by atoms with Gasteiger partial charge in [-0.05, 0) is 49.2 Å². The van der Waals surface area contributed by atoms with Crippen molar-refractivity contribution in [3.8, 4) is 11.1 Å². The Labute approximate surface area is 167 Å². The van der Waals surface area contributed by atoms with E-state index in [2.05, 4.69) is 0 Å². The summed E-state index contributed by atoms with van der Waals surface area (Å²) in [4.78, 5) is 22.8. The average Bonchev–Trinajstić information content (AvgIpc) is 2.67. The summed E-state index contributed by atoms with van der Waals surface area (Å²) >= 11 is 0. The Morgan fingerprint density at radius 3 is 1.97 bits per heavy atom. The zero-order chi connectivity index (χ0) is 21.8. The lowest BCUT2D eigenvalue weighted by Gasteiger charge is -2.35. The van der Waals surface area contributed by atoms with Crippen LogP contribution < -0.4 is 5.48 Å². The van der Waals surface area contributed by atoms with Crippen molar-refractivity contribution < 1.29 is 32.7 Å². The lowest BCUT2D eigenvalue weighted by Crippen LogP contribution is -2.56. The topological polar surface area (TPSA) is 124 Å². The third kappa shape index (κ3) is 4.97. The van der Waals surface area contributed by atoms with Gasteiger partial charge in [0, 0.05) is 6.54 Å². The number of benzene rings is 2. The first-order valence-electron chi connectivity index (χ1n) is 8.55. The van der Waals surface area contributed by atoms with Crippen LogP contribution in [0.25, 0.3) is 11.1 Å². The minimum Gasteiger partial charge on any atom is -0.481 e. The number of hydrogen-bond acceptors (Lipinski definition) is 5. The van der Waals surface area contributed by atoms with Gasteiger partial charge in [-0.25, -0.2) is 18.3 Å². The fourth-order valence-electron chi connectivity index (χ4n) is 2.74. The predicted octanol–water partition coefficient (Wildman–Crippen LogP) is 2.24. The average molecular weight is 424 g/mol. The molecule has 0 bridgehead atoms. The molecule has 10 heteroatoms. The number of nitrogens with zero attached hydrogens (tertiary/aromatic N) is 1. The minimum absolute atomic E-state index is 0.160. The number of carboxylic acids is 1. The maximum absolute atomic E-state index is 13.1. The molecule has 0 aliphatic heterocycles. The van der Waals surface area contributed by atoms with Gasteiger partial charge in [-0.1, -0.05) is 24.3 Å². The number of carbonyl (C=O) groups excluding carboxylic acids is 1. The van der Waals surface area contributed by atoms with Crippen LogP contribution in [0, 0.1) is 5.82 Å². The number of carboxylic acid groups (broad SMARTS) is 1. The quantitative estimate of drug-likeness (QED) is 0.441. The largest absolute Gasteiger partial charge is 0.481 e. The molecule has 1 amide bonds. The summed E-state index contributed by atoms with van der Waals surface area (Å²) in [7, 11) is -4.28. The van der Waals surface area contributed by atoms with Crippen molar-refractivity contribution in [2.75, 3.05) is 6.54 Å². The summed E-state index contributed by atoms with van der Waals surface area (Å²) in [5.74, 6) is -2.64. The van der Waals surface area contributed by atoms with Crippen molar-refractivity contribution in [2.24, 2.45) is 0 Å². The zero-order valence-electron chi connectivity index (χ0n) is 15.8. The second-order valence-electron chi connectivity index (χ2n) is 6.75. The molecule has 0 saturated heterocycles. The first kappa shape index (κ1) is 22.5. The van der Waals surface area contributed by atoms with E-state index in [1.165, 1.54) is 55.7 Å². The van der Waals surface area contributed by atoms with E-state index in [0.29, 0.717) is 11.1 Å². The number of amides is 1. The Balaban J connectivity index is 2.43. The molecule has 0 unspecified atom stereocenters. The van der Waals surface area contributed by atoms with Crippen LogP contribution in [0.4, 0.5) is 4.39 Å². The maximum Gasteiger partial charge on any atom is 0.304 e. The van der Waals surface area contributed by atoms with E-state index in [-0.39, 0.29) is 4.90 Å². The van der Waals surface area contributed by atoms with Crippen molar-refractivity contribution in [1.29, 1.82) is 0 Å². The number of rotatable bonds is 8. The molecule has 2 aromatic carbocycles. The first-order valence-corrected chi connectivity index (χ1v) is 9.99. The van der Waals surface area contributed by atoms with Crippen LogP contribution in [-0.2, 0) is 19.6 Å². The standard InChI is InChI=1S/C19H21FN2O6S/c1-19(2,18(25)21-26)22(12-11-17(23)24)29(27,28)16-9-5-14(6-10-16)13-3-7-15(20)8-4-13/h3-10,26H,11-12H2,1-2H3,(H,21,25)(H,23,24). The van der Waals surface area contributed by atoms with E-state index < -0.39 is 46.2 Å². The maximum atomic E-state index is 13.1. The van der Waals surface area contributed by atoms with E-state index >= 15 is 0 Å². The van der Waals surface area contributed by atoms with Crippen molar-refractivity contribution in [3.05, 3.63) is 54.3 Å². The molecule has 0 atom stereocenters. The number of sulfonamides is 1. The number of hydroxylamine groups is 1. The second-order valence-corrected chi connectivity index (χ2v) is 8.61. The van der Waals surface area contributed by atoms with Gasteiger partial charge in [-0.2, -0.15) is 4.31 Å². The molecule has 0 aliphatic carbocycles. The van der Waals surface area contributed by atoms with Gasteiger partial charge in [0.2, 0.25) is 10.0 Å². The fourth-order valence-corrected chi connectivity index (χ4v) is 4.49. The SMILES string of the molecule is CC(C)(C(=O)NO)N(CCC(=O)O)S(=O)(=O)c1ccc(-c2ccc(F)cc2)cc1. The van der Waals surface area contributed by atoms with Crippen LogP contribution in [0.3, 0.4) is 0 Å². The Morgan fingerprint density at radius 2 is 1.52 bits per heavy atom. The van der Waals surface area contributed by atoms with Gasteiger partial charge in [0.15, 0.2) is 0 Å². The number of nitrogens with one attached hydrogen (secondary N) is 1. The Bertz CT molecular complexity index is 988. The van der Waals surface area contributed by atoms with Crippen molar-refractivity contribution in [3.63, 3.8) is 0 Å². The van der Waals surface area contributed by atoms with E-state index in [1.54, 1.807) is 12.1 Å². The first-order chi connectivity index (χ1) is 13.5. The van der Waals surface area contributed by atoms with E-state index in [1.807, 2.05) is 0 Å². The number of carbonyl (C=O) groups is 2. The second kappa shape index (κ2) is 8.68. The highest BCUT2D eigenvalue weighted by Gasteiger charge is 2.42. The molecule has 3 N–H and O–H groups in total. The Hall–Kier alpha value is -2.82. The number of aliphatic carboxylic acids is 1. The third-order valence-electron chi connectivity index (χ3n) is 4.43. The summed E-state index contributed by atoms with van der Waals surface area (Å²) in [5.41, 5.74) is 0.983. The molecule has 2 rings (SSSR count). The molecule has 29 heavy (non-hydrogen) atoms. The summed E-state index contributed by atoms with van der Waals surface area (Å²) in [5, 5.41) is 17.9. The molecule has 0 radical (unpaired) electrons. The lowest BCUT2D eigenvalue weighted by molar-refractivity contribution is -0.140. The molecular formula is C19H21FN2O6S. The highest BCUT2D eigenvalue weighted by Crippen LogP contribution is 2.28. The molecule has 0 aromatic heterocycles. The summed E-state index contributed by atoms with van der Waals surface area (Å²) in [6, 6.07) is 11.3. The molecule has 156 valence electrons. The van der Waals surface area contributed by atoms with Crippen LogP contribution in [0.5, 0.6) is 0 Å². The molecule has 0 heterocycles. The van der Waals surface area contributed by atoms with Crippen LogP contribution in [-0.4, -0.2) is 47.0 Å². The normalized spacial score (nSPS) is 12.0. The number of halogens is 1. The van der Waals surface area contributed by atoms with Gasteiger partial charge < -0.3 is 5.11 Å². The smallest absolute Gasteiger partial charge is 0.304 e. The summed E-state index contributed by atoms with van der Waals surface area (Å²) < 4.78 is 40.1. The van der Waals surface area contributed by atoms with Gasteiger partial charge in [0.25, 0.3) is 5.91 Å². The van der Waals surface area contributed by atoms with E-state index in [0.717, 1.165) is 4.31 Å². The van der Waals surface area contributed by atoms with Crippen molar-refractivity contribution in [1.82, 2.24) is 9.79 Å². The van der Waals surface area contributed by atoms with Crippen LogP contribution in [0.1, 0.15) is 20.3 Å². The molecule has 0 spiro atoms. The molecule has 0 fully saturated rings. The van der Waals surface area contributed by atoms with Gasteiger partial charge in [-0.3, -0.25) is 14.8 Å². The minimum atomic E-state index is -4.28. The van der Waals surface area contributed by atoms with Crippen molar-refractivity contribution >= 4 is 21.9 Å². The van der Waals surface area contributed by atoms with Gasteiger partial charge >= 0.3 is 5.97 Å². The Kier molecular flexibility index (Phi) is 6.73. The Morgan fingerprint density at radius 1 is 1.03 bits per heavy atom. The molecular weight excluding hydrogens is 403 g/mol. The van der Waals surface area contributed by atoms with E-state index in [9.17, 15) is 22.4 Å².